The number of carbonyl (C=O) groups excluding carboxylic acids is 2. The number of hydrogen-bond donors (Lipinski definition) is 1. The molecule has 7 heteroatoms. The zero-order chi connectivity index (χ0) is 16.9. The quantitative estimate of drug-likeness (QED) is 0.884. The summed E-state index contributed by atoms with van der Waals surface area (Å²) in [5.41, 5.74) is 0. The van der Waals surface area contributed by atoms with E-state index in [1.54, 1.807) is 13.1 Å². The summed E-state index contributed by atoms with van der Waals surface area (Å²) < 4.78 is 0. The van der Waals surface area contributed by atoms with Crippen LogP contribution >= 0.6 is 0 Å². The maximum atomic E-state index is 12.6. The molecule has 130 valence electrons. The predicted molar refractivity (Wildman–Crippen MR) is 90.4 cm³/mol. The summed E-state index contributed by atoms with van der Waals surface area (Å²) in [6.45, 7) is 4.71. The number of nitrogens with one attached hydrogen (secondary N) is 1. The predicted octanol–water partition coefficient (Wildman–Crippen LogP) is 0.820. The van der Waals surface area contributed by atoms with Crippen molar-refractivity contribution in [2.45, 2.75) is 38.6 Å². The third kappa shape index (κ3) is 3.83. The number of rotatable bonds is 4. The van der Waals surface area contributed by atoms with Crippen LogP contribution in [0, 0.1) is 5.92 Å². The van der Waals surface area contributed by atoms with Crippen LogP contribution in [0.2, 0.25) is 0 Å². The molecule has 1 N–H and O–H groups in total. The Bertz CT molecular complexity index is 576. The highest BCUT2D eigenvalue weighted by Crippen LogP contribution is 2.26. The van der Waals surface area contributed by atoms with Gasteiger partial charge in [-0.1, -0.05) is 6.42 Å². The molecule has 24 heavy (non-hydrogen) atoms. The standard InChI is InChI=1S/C17H25N5O2/c1-13(19-16(23)14-5-2-6-14)17(24)22-10-4-9-21(11-12-22)15-7-3-8-18-20-15/h3,7-8,13-14H,2,4-6,9-12H2,1H3,(H,19,23). The second kappa shape index (κ2) is 7.59. The highest BCUT2D eigenvalue weighted by atomic mass is 16.2. The lowest BCUT2D eigenvalue weighted by Crippen LogP contribution is -2.50. The Morgan fingerprint density at radius 1 is 1.21 bits per heavy atom. The summed E-state index contributed by atoms with van der Waals surface area (Å²) in [7, 11) is 0. The van der Waals surface area contributed by atoms with Crippen LogP contribution in [0.1, 0.15) is 32.6 Å². The summed E-state index contributed by atoms with van der Waals surface area (Å²) in [5, 5.41) is 10.9. The summed E-state index contributed by atoms with van der Waals surface area (Å²) >= 11 is 0. The molecule has 1 aliphatic heterocycles. The van der Waals surface area contributed by atoms with Crippen molar-refractivity contribution in [3.63, 3.8) is 0 Å². The number of hydrogen-bond acceptors (Lipinski definition) is 5. The number of aromatic nitrogens is 2. The normalized spacial score (nSPS) is 20.0. The summed E-state index contributed by atoms with van der Waals surface area (Å²) in [6, 6.07) is 3.35. The second-order valence-corrected chi connectivity index (χ2v) is 6.61. The van der Waals surface area contributed by atoms with Gasteiger partial charge >= 0.3 is 0 Å². The van der Waals surface area contributed by atoms with Crippen molar-refractivity contribution >= 4 is 17.6 Å². The minimum absolute atomic E-state index is 0.00340. The number of amides is 2. The van der Waals surface area contributed by atoms with Crippen LogP contribution in [0.25, 0.3) is 0 Å². The fraction of sp³-hybridized carbons (Fsp3) is 0.647. The van der Waals surface area contributed by atoms with Crippen LogP contribution in [0.5, 0.6) is 0 Å². The van der Waals surface area contributed by atoms with Gasteiger partial charge in [0, 0.05) is 38.3 Å². The molecule has 0 bridgehead atoms. The Labute approximate surface area is 142 Å². The van der Waals surface area contributed by atoms with E-state index in [1.807, 2.05) is 17.0 Å². The van der Waals surface area contributed by atoms with Gasteiger partial charge in [-0.05, 0) is 38.3 Å². The molecule has 3 rings (SSSR count). The van der Waals surface area contributed by atoms with Gasteiger partial charge in [0.15, 0.2) is 5.82 Å². The molecule has 0 spiro atoms. The first kappa shape index (κ1) is 16.7. The Balaban J connectivity index is 1.53. The Hall–Kier alpha value is -2.18. The van der Waals surface area contributed by atoms with Crippen molar-refractivity contribution in [3.8, 4) is 0 Å². The molecule has 1 saturated heterocycles. The van der Waals surface area contributed by atoms with E-state index in [-0.39, 0.29) is 17.7 Å². The van der Waals surface area contributed by atoms with Crippen molar-refractivity contribution in [1.29, 1.82) is 0 Å². The van der Waals surface area contributed by atoms with Crippen molar-refractivity contribution in [2.75, 3.05) is 31.1 Å². The lowest BCUT2D eigenvalue weighted by Gasteiger charge is -2.28. The Morgan fingerprint density at radius 3 is 2.71 bits per heavy atom. The molecule has 2 fully saturated rings. The minimum Gasteiger partial charge on any atom is -0.353 e. The molecule has 0 aromatic carbocycles. The number of carbonyl (C=O) groups is 2. The van der Waals surface area contributed by atoms with E-state index in [0.29, 0.717) is 13.1 Å². The van der Waals surface area contributed by atoms with Gasteiger partial charge in [0.1, 0.15) is 6.04 Å². The van der Waals surface area contributed by atoms with Gasteiger partial charge in [-0.15, -0.1) is 5.10 Å². The summed E-state index contributed by atoms with van der Waals surface area (Å²) in [4.78, 5) is 28.6. The molecule has 1 atom stereocenters. The molecule has 1 aromatic rings. The minimum atomic E-state index is -0.457. The lowest BCUT2D eigenvalue weighted by atomic mass is 9.84. The van der Waals surface area contributed by atoms with Crippen LogP contribution in [0.4, 0.5) is 5.82 Å². The second-order valence-electron chi connectivity index (χ2n) is 6.61. The average Bonchev–Trinajstić information content (AvgIpc) is 2.79. The van der Waals surface area contributed by atoms with Gasteiger partial charge in [-0.3, -0.25) is 9.59 Å². The topological polar surface area (TPSA) is 78.4 Å². The molecule has 1 aliphatic carbocycles. The maximum absolute atomic E-state index is 12.6. The largest absolute Gasteiger partial charge is 0.353 e. The first-order chi connectivity index (χ1) is 11.6. The van der Waals surface area contributed by atoms with Crippen molar-refractivity contribution in [3.05, 3.63) is 18.3 Å². The Morgan fingerprint density at radius 2 is 2.04 bits per heavy atom. The average molecular weight is 331 g/mol. The molecule has 0 radical (unpaired) electrons. The van der Waals surface area contributed by atoms with Crippen LogP contribution in [0.15, 0.2) is 18.3 Å². The van der Waals surface area contributed by atoms with E-state index in [4.69, 9.17) is 0 Å². The Kier molecular flexibility index (Phi) is 5.27. The molecule has 2 aliphatic rings. The molecule has 1 saturated carbocycles. The molecule has 1 unspecified atom stereocenters. The fourth-order valence-electron chi connectivity index (χ4n) is 3.17. The van der Waals surface area contributed by atoms with Gasteiger partial charge < -0.3 is 15.1 Å². The molecule has 1 aromatic heterocycles. The first-order valence-electron chi connectivity index (χ1n) is 8.77. The van der Waals surface area contributed by atoms with Crippen LogP contribution < -0.4 is 10.2 Å². The third-order valence-electron chi connectivity index (χ3n) is 4.89. The van der Waals surface area contributed by atoms with Crippen molar-refractivity contribution in [1.82, 2.24) is 20.4 Å². The van der Waals surface area contributed by atoms with Gasteiger partial charge in [0.25, 0.3) is 0 Å². The third-order valence-corrected chi connectivity index (χ3v) is 4.89. The molecular formula is C17H25N5O2. The molecule has 2 heterocycles. The molecule has 7 nitrogen and oxygen atoms in total. The van der Waals surface area contributed by atoms with Crippen molar-refractivity contribution in [2.24, 2.45) is 5.92 Å². The zero-order valence-electron chi connectivity index (χ0n) is 14.1. The van der Waals surface area contributed by atoms with Gasteiger partial charge in [0.2, 0.25) is 11.8 Å². The number of nitrogens with zero attached hydrogens (tertiary/aromatic N) is 4. The monoisotopic (exact) mass is 331 g/mol. The SMILES string of the molecule is CC(NC(=O)C1CCC1)C(=O)N1CCCN(c2cccnn2)CC1. The van der Waals surface area contributed by atoms with Gasteiger partial charge in [0.05, 0.1) is 0 Å². The fourth-order valence-corrected chi connectivity index (χ4v) is 3.17. The van der Waals surface area contributed by atoms with Crippen LogP contribution in [-0.4, -0.2) is 59.1 Å². The smallest absolute Gasteiger partial charge is 0.244 e. The number of anilines is 1. The summed E-state index contributed by atoms with van der Waals surface area (Å²) in [6.07, 6.45) is 5.55. The molecule has 2 amide bonds. The van der Waals surface area contributed by atoms with Gasteiger partial charge in [-0.25, -0.2) is 0 Å². The highest BCUT2D eigenvalue weighted by molar-refractivity contribution is 5.88. The van der Waals surface area contributed by atoms with E-state index in [0.717, 1.165) is 44.6 Å². The van der Waals surface area contributed by atoms with Crippen LogP contribution in [-0.2, 0) is 9.59 Å². The highest BCUT2D eigenvalue weighted by Gasteiger charge is 2.29. The van der Waals surface area contributed by atoms with Crippen molar-refractivity contribution < 1.29 is 9.59 Å². The maximum Gasteiger partial charge on any atom is 0.244 e. The van der Waals surface area contributed by atoms with E-state index < -0.39 is 6.04 Å². The molecular weight excluding hydrogens is 306 g/mol. The van der Waals surface area contributed by atoms with E-state index in [1.165, 1.54) is 0 Å². The van der Waals surface area contributed by atoms with E-state index in [2.05, 4.69) is 20.4 Å². The summed E-state index contributed by atoms with van der Waals surface area (Å²) in [5.74, 6) is 0.983. The first-order valence-corrected chi connectivity index (χ1v) is 8.77. The van der Waals surface area contributed by atoms with Crippen LogP contribution in [0.3, 0.4) is 0 Å². The van der Waals surface area contributed by atoms with E-state index >= 15 is 0 Å². The van der Waals surface area contributed by atoms with E-state index in [9.17, 15) is 9.59 Å². The lowest BCUT2D eigenvalue weighted by molar-refractivity contribution is -0.137. The van der Waals surface area contributed by atoms with Gasteiger partial charge in [-0.2, -0.15) is 5.10 Å². The zero-order valence-corrected chi connectivity index (χ0v) is 14.1.